The molecule has 1 atom stereocenters. The van der Waals surface area contributed by atoms with Crippen LogP contribution in [0.25, 0.3) is 0 Å². The van der Waals surface area contributed by atoms with Crippen LogP contribution in [0.2, 0.25) is 0 Å². The molecule has 11 heteroatoms. The van der Waals surface area contributed by atoms with Crippen LogP contribution in [0.3, 0.4) is 0 Å². The van der Waals surface area contributed by atoms with E-state index in [2.05, 4.69) is 44.4 Å². The second-order valence-corrected chi connectivity index (χ2v) is 8.67. The molecule has 0 aromatic carbocycles. The van der Waals surface area contributed by atoms with E-state index in [0.29, 0.717) is 0 Å². The third-order valence-corrected chi connectivity index (χ3v) is 1.75. The molecule has 0 amide bonds. The van der Waals surface area contributed by atoms with Crippen molar-refractivity contribution < 1.29 is 29.4 Å². The van der Waals surface area contributed by atoms with Crippen LogP contribution >= 0.6 is 13.4 Å². The van der Waals surface area contributed by atoms with Gasteiger partial charge in [-0.15, -0.1) is 0 Å². The van der Waals surface area contributed by atoms with Gasteiger partial charge in [0.25, 0.3) is 0 Å². The molecule has 20 heavy (non-hydrogen) atoms. The minimum atomic E-state index is -3.81. The SMILES string of the molecule is C.CCCCC(C)CC.OP(O)(O)=S.OP(O)(O)=S.[NaH]. The van der Waals surface area contributed by atoms with E-state index in [1.807, 2.05) is 0 Å². The second kappa shape index (κ2) is 19.1. The fourth-order valence-electron chi connectivity index (χ4n) is 0.757. The van der Waals surface area contributed by atoms with Gasteiger partial charge in [0.15, 0.2) is 0 Å². The average molecular weight is 382 g/mol. The first-order valence-electron chi connectivity index (χ1n) is 5.37. The molecule has 0 fully saturated rings. The van der Waals surface area contributed by atoms with Gasteiger partial charge in [0.1, 0.15) is 0 Å². The molecule has 6 N–H and O–H groups in total. The monoisotopic (exact) mass is 382 g/mol. The van der Waals surface area contributed by atoms with Crippen LogP contribution in [0.5, 0.6) is 0 Å². The zero-order chi connectivity index (χ0) is 15.4. The van der Waals surface area contributed by atoms with E-state index in [0.717, 1.165) is 5.92 Å². The first kappa shape index (κ1) is 33.6. The Balaban J connectivity index is -0.0000000558. The topological polar surface area (TPSA) is 121 Å². The molecular formula is C9H29NaO6P2S2. The molecule has 0 saturated heterocycles. The zero-order valence-corrected chi connectivity index (χ0v) is 14.2. The van der Waals surface area contributed by atoms with Crippen LogP contribution in [-0.2, 0) is 23.6 Å². The summed E-state index contributed by atoms with van der Waals surface area (Å²) in [5, 5.41) is 0. The molecule has 0 aliphatic carbocycles. The Kier molecular flexibility index (Phi) is 32.1. The molecular weight excluding hydrogens is 353 g/mol. The minimum absolute atomic E-state index is 0. The molecule has 0 spiro atoms. The summed E-state index contributed by atoms with van der Waals surface area (Å²) in [6.07, 6.45) is 5.53. The van der Waals surface area contributed by atoms with Crippen molar-refractivity contribution in [1.82, 2.24) is 0 Å². The molecule has 124 valence electrons. The van der Waals surface area contributed by atoms with E-state index >= 15 is 0 Å². The van der Waals surface area contributed by atoms with E-state index in [-0.39, 0.29) is 37.0 Å². The van der Waals surface area contributed by atoms with Crippen LogP contribution < -0.4 is 0 Å². The van der Waals surface area contributed by atoms with Gasteiger partial charge in [-0.1, -0.05) is 53.9 Å². The molecule has 0 bridgehead atoms. The summed E-state index contributed by atoms with van der Waals surface area (Å²) in [4.78, 5) is 45.3. The molecule has 0 saturated carbocycles. The van der Waals surface area contributed by atoms with E-state index in [1.165, 1.54) is 25.7 Å². The van der Waals surface area contributed by atoms with E-state index in [9.17, 15) is 0 Å². The van der Waals surface area contributed by atoms with Gasteiger partial charge in [-0.25, -0.2) is 0 Å². The standard InChI is InChI=1S/C8H18.CH4.Na.2H3O3PS.H/c1-4-6-7-8(3)5-2;;;2*1-4(2,3)5;/h8H,4-7H2,1-3H3;1H4;;2*(H3,1,2,3,5);. The number of unbranched alkanes of at least 4 members (excludes halogenated alkanes) is 1. The summed E-state index contributed by atoms with van der Waals surface area (Å²) < 4.78 is 0. The Morgan fingerprint density at radius 1 is 0.900 bits per heavy atom. The van der Waals surface area contributed by atoms with Gasteiger partial charge in [-0.2, -0.15) is 0 Å². The molecule has 0 aromatic heterocycles. The summed E-state index contributed by atoms with van der Waals surface area (Å²) in [6.45, 7) is -0.766. The van der Waals surface area contributed by atoms with Crippen molar-refractivity contribution in [2.24, 2.45) is 5.92 Å². The van der Waals surface area contributed by atoms with E-state index in [4.69, 9.17) is 29.4 Å². The third kappa shape index (κ3) is 112. The first-order valence-corrected chi connectivity index (χ1v) is 10.7. The molecule has 0 heterocycles. The van der Waals surface area contributed by atoms with Crippen LogP contribution in [0.15, 0.2) is 0 Å². The van der Waals surface area contributed by atoms with E-state index in [1.54, 1.807) is 0 Å². The predicted octanol–water partition coefficient (Wildman–Crippen LogP) is 1.59. The Morgan fingerprint density at radius 2 is 1.15 bits per heavy atom. The summed E-state index contributed by atoms with van der Waals surface area (Å²) >= 11 is 7.21. The Labute approximate surface area is 155 Å². The third-order valence-electron chi connectivity index (χ3n) is 1.75. The summed E-state index contributed by atoms with van der Waals surface area (Å²) in [6, 6.07) is 0. The number of hydrogen-bond donors (Lipinski definition) is 6. The average Bonchev–Trinajstić information content (AvgIpc) is 2.08. The number of hydrogen-bond acceptors (Lipinski definition) is 2. The van der Waals surface area contributed by atoms with Crippen molar-refractivity contribution in [1.29, 1.82) is 0 Å². The molecule has 0 aromatic rings. The maximum atomic E-state index is 7.56. The van der Waals surface area contributed by atoms with Crippen molar-refractivity contribution in [2.45, 2.75) is 53.9 Å². The molecule has 0 rings (SSSR count). The Hall–Kier alpha value is 2.06. The Bertz CT molecular complexity index is 235. The van der Waals surface area contributed by atoms with Gasteiger partial charge in [0.05, 0.1) is 0 Å². The van der Waals surface area contributed by atoms with Gasteiger partial charge in [0.2, 0.25) is 0 Å². The van der Waals surface area contributed by atoms with E-state index < -0.39 is 13.4 Å². The summed E-state index contributed by atoms with van der Waals surface area (Å²) in [5.74, 6) is 0.954. The van der Waals surface area contributed by atoms with Crippen LogP contribution in [0.1, 0.15) is 53.9 Å². The maximum absolute atomic E-state index is 7.56. The first-order chi connectivity index (χ1) is 7.81. The van der Waals surface area contributed by atoms with Crippen molar-refractivity contribution >= 4 is 66.6 Å². The molecule has 1 unspecified atom stereocenters. The van der Waals surface area contributed by atoms with Crippen LogP contribution in [0.4, 0.5) is 0 Å². The molecule has 6 nitrogen and oxygen atoms in total. The van der Waals surface area contributed by atoms with Crippen molar-refractivity contribution in [2.75, 3.05) is 0 Å². The molecule has 0 radical (unpaired) electrons. The van der Waals surface area contributed by atoms with Gasteiger partial charge in [-0.05, 0) is 29.5 Å². The van der Waals surface area contributed by atoms with Crippen molar-refractivity contribution in [3.8, 4) is 0 Å². The Morgan fingerprint density at radius 3 is 1.30 bits per heavy atom. The van der Waals surface area contributed by atoms with Gasteiger partial charge < -0.3 is 29.4 Å². The quantitative estimate of drug-likeness (QED) is 0.320. The zero-order valence-electron chi connectivity index (χ0n) is 10.8. The summed E-state index contributed by atoms with van der Waals surface area (Å²) in [5.41, 5.74) is 0. The second-order valence-electron chi connectivity index (χ2n) is 3.68. The van der Waals surface area contributed by atoms with Gasteiger partial charge in [0, 0.05) is 0 Å². The van der Waals surface area contributed by atoms with Crippen molar-refractivity contribution in [3.63, 3.8) is 0 Å². The summed E-state index contributed by atoms with van der Waals surface area (Å²) in [7, 11) is 0. The fraction of sp³-hybridized carbons (Fsp3) is 1.00. The normalized spacial score (nSPS) is 11.4. The van der Waals surface area contributed by atoms with Crippen molar-refractivity contribution in [3.05, 3.63) is 0 Å². The van der Waals surface area contributed by atoms with Crippen LogP contribution in [-0.4, -0.2) is 58.9 Å². The number of rotatable bonds is 4. The fourth-order valence-corrected chi connectivity index (χ4v) is 0.757. The van der Waals surface area contributed by atoms with Crippen LogP contribution in [0, 0.1) is 5.92 Å². The van der Waals surface area contributed by atoms with Gasteiger partial charge in [-0.3, -0.25) is 0 Å². The molecule has 0 aliphatic heterocycles. The predicted molar refractivity (Wildman–Crippen MR) is 94.7 cm³/mol. The van der Waals surface area contributed by atoms with Gasteiger partial charge >= 0.3 is 43.0 Å². The molecule has 0 aliphatic rings.